The Bertz CT molecular complexity index is 1530. The predicted octanol–water partition coefficient (Wildman–Crippen LogP) is 6.18. The van der Waals surface area contributed by atoms with Crippen LogP contribution < -0.4 is 0 Å². The average Bonchev–Trinajstić information content (AvgIpc) is 3.41. The van der Waals surface area contributed by atoms with E-state index in [1.807, 2.05) is 19.9 Å². The lowest BCUT2D eigenvalue weighted by Gasteiger charge is -2.47. The minimum Gasteiger partial charge on any atom is -0.366 e. The van der Waals surface area contributed by atoms with Gasteiger partial charge in [0.05, 0.1) is 21.6 Å². The molecule has 0 aliphatic carbocycles. The molecule has 2 aromatic heterocycles. The number of carbonyl (C=O) groups is 1. The van der Waals surface area contributed by atoms with Crippen LogP contribution in [-0.4, -0.2) is 54.0 Å². The Kier molecular flexibility index (Phi) is 8.63. The molecular formula is C30H34F3N3O4S2. The van der Waals surface area contributed by atoms with Gasteiger partial charge in [-0.1, -0.05) is 19.1 Å². The molecule has 1 aromatic carbocycles. The first-order chi connectivity index (χ1) is 19.8. The number of piperidine rings is 1. The third-order valence-electron chi connectivity index (χ3n) is 8.30. The Morgan fingerprint density at radius 2 is 1.81 bits per heavy atom. The average molecular weight is 622 g/mol. The lowest BCUT2D eigenvalue weighted by atomic mass is 9.83. The van der Waals surface area contributed by atoms with E-state index < -0.39 is 27.4 Å². The fourth-order valence-corrected chi connectivity index (χ4v) is 8.07. The fraction of sp³-hybridized carbons (Fsp3) is 0.500. The van der Waals surface area contributed by atoms with Crippen LogP contribution in [0.3, 0.4) is 0 Å². The largest absolute Gasteiger partial charge is 0.451 e. The quantitative estimate of drug-likeness (QED) is 0.278. The molecule has 2 aliphatic rings. The second-order valence-electron chi connectivity index (χ2n) is 11.1. The van der Waals surface area contributed by atoms with Gasteiger partial charge in [-0.15, -0.1) is 11.3 Å². The summed E-state index contributed by atoms with van der Waals surface area (Å²) in [6.45, 7) is 6.96. The van der Waals surface area contributed by atoms with Gasteiger partial charge in [0.15, 0.2) is 15.6 Å². The van der Waals surface area contributed by atoms with E-state index in [4.69, 9.17) is 4.74 Å². The molecule has 7 nitrogen and oxygen atoms in total. The van der Waals surface area contributed by atoms with Gasteiger partial charge in [-0.25, -0.2) is 18.4 Å². The summed E-state index contributed by atoms with van der Waals surface area (Å²) in [6.07, 6.45) is 0.918. The monoisotopic (exact) mass is 621 g/mol. The number of aromatic nitrogens is 2. The van der Waals surface area contributed by atoms with Gasteiger partial charge in [0.2, 0.25) is 5.82 Å². The molecule has 0 N–H and O–H groups in total. The number of thiophene rings is 1. The highest BCUT2D eigenvalue weighted by Crippen LogP contribution is 2.48. The van der Waals surface area contributed by atoms with Gasteiger partial charge in [-0.2, -0.15) is 13.2 Å². The number of aryl methyl sites for hydroxylation is 1. The van der Waals surface area contributed by atoms with Gasteiger partial charge < -0.3 is 4.74 Å². The SMILES string of the molecule is CCS(=O)(=O)c1ccc(CCC(=O)c2cc3c(s2)C2(CCN([C@H](C)c4cnc(C(F)(F)F)nc4)CC2)O[C@H](C)C3)cc1. The van der Waals surface area contributed by atoms with E-state index in [1.165, 1.54) is 23.7 Å². The van der Waals surface area contributed by atoms with Gasteiger partial charge in [-0.3, -0.25) is 9.69 Å². The van der Waals surface area contributed by atoms with Crippen LogP contribution in [0.2, 0.25) is 0 Å². The summed E-state index contributed by atoms with van der Waals surface area (Å²) in [5.41, 5.74) is 2.19. The highest BCUT2D eigenvalue weighted by molar-refractivity contribution is 7.91. The summed E-state index contributed by atoms with van der Waals surface area (Å²) in [6, 6.07) is 8.60. The van der Waals surface area contributed by atoms with Crippen molar-refractivity contribution >= 4 is 27.0 Å². The summed E-state index contributed by atoms with van der Waals surface area (Å²) in [5, 5.41) is 0. The predicted molar refractivity (Wildman–Crippen MR) is 153 cm³/mol. The molecule has 0 saturated carbocycles. The lowest BCUT2D eigenvalue weighted by molar-refractivity contribution is -0.145. The molecule has 0 bridgehead atoms. The number of carbonyl (C=O) groups excluding carboxylic acids is 1. The molecule has 0 amide bonds. The summed E-state index contributed by atoms with van der Waals surface area (Å²) >= 11 is 1.51. The van der Waals surface area contributed by atoms with Crippen LogP contribution in [0.1, 0.15) is 83.1 Å². The third-order valence-corrected chi connectivity index (χ3v) is 11.5. The topological polar surface area (TPSA) is 89.5 Å². The van der Waals surface area contributed by atoms with Crippen molar-refractivity contribution in [2.45, 2.75) is 81.7 Å². The van der Waals surface area contributed by atoms with E-state index in [9.17, 15) is 26.4 Å². The van der Waals surface area contributed by atoms with Crippen molar-refractivity contribution in [2.24, 2.45) is 0 Å². The fourth-order valence-electron chi connectivity index (χ4n) is 5.83. The van der Waals surface area contributed by atoms with E-state index in [0.717, 1.165) is 22.4 Å². The number of ether oxygens (including phenoxy) is 1. The van der Waals surface area contributed by atoms with E-state index in [-0.39, 0.29) is 23.7 Å². The van der Waals surface area contributed by atoms with Gasteiger partial charge in [0.25, 0.3) is 0 Å². The van der Waals surface area contributed by atoms with Crippen LogP contribution in [0.15, 0.2) is 47.6 Å². The number of halogens is 3. The van der Waals surface area contributed by atoms with E-state index in [1.54, 1.807) is 31.2 Å². The molecule has 2 aliphatic heterocycles. The Hall–Kier alpha value is -2.67. The molecule has 3 aromatic rings. The normalized spacial score (nSPS) is 19.9. The van der Waals surface area contributed by atoms with Gasteiger partial charge in [0.1, 0.15) is 5.60 Å². The number of ketones is 1. The first-order valence-electron chi connectivity index (χ1n) is 14.1. The lowest BCUT2D eigenvalue weighted by Crippen LogP contribution is -2.48. The number of rotatable bonds is 8. The molecule has 2 atom stereocenters. The van der Waals surface area contributed by atoms with Crippen LogP contribution >= 0.6 is 11.3 Å². The number of alkyl halides is 3. The second-order valence-corrected chi connectivity index (χ2v) is 14.4. The zero-order chi connectivity index (χ0) is 30.3. The first-order valence-corrected chi connectivity index (χ1v) is 16.6. The van der Waals surface area contributed by atoms with Gasteiger partial charge in [-0.05, 0) is 68.9 Å². The van der Waals surface area contributed by atoms with Crippen LogP contribution in [0.4, 0.5) is 13.2 Å². The van der Waals surface area contributed by atoms with Crippen molar-refractivity contribution in [3.05, 3.63) is 75.0 Å². The highest BCUT2D eigenvalue weighted by atomic mass is 32.2. The maximum absolute atomic E-state index is 13.2. The van der Waals surface area contributed by atoms with E-state index in [0.29, 0.717) is 54.1 Å². The third kappa shape index (κ3) is 6.31. The molecule has 4 heterocycles. The number of nitrogens with zero attached hydrogens (tertiary/aromatic N) is 3. The maximum Gasteiger partial charge on any atom is 0.451 e. The molecule has 226 valence electrons. The summed E-state index contributed by atoms with van der Waals surface area (Å²) in [4.78, 5) is 24.6. The number of fused-ring (bicyclic) bond motifs is 2. The molecule has 1 fully saturated rings. The summed E-state index contributed by atoms with van der Waals surface area (Å²) in [7, 11) is -3.26. The van der Waals surface area contributed by atoms with Crippen molar-refractivity contribution in [3.63, 3.8) is 0 Å². The number of sulfone groups is 1. The number of likely N-dealkylation sites (tertiary alicyclic amines) is 1. The van der Waals surface area contributed by atoms with Crippen molar-refractivity contribution in [3.8, 4) is 0 Å². The molecule has 0 unspecified atom stereocenters. The highest BCUT2D eigenvalue weighted by Gasteiger charge is 2.45. The minimum atomic E-state index is -4.57. The van der Waals surface area contributed by atoms with Gasteiger partial charge >= 0.3 is 6.18 Å². The number of hydrogen-bond donors (Lipinski definition) is 0. The molecular weight excluding hydrogens is 587 g/mol. The van der Waals surface area contributed by atoms with Crippen LogP contribution in [0.5, 0.6) is 0 Å². The molecule has 1 spiro atoms. The first kappa shape index (κ1) is 30.8. The molecule has 0 radical (unpaired) electrons. The van der Waals surface area contributed by atoms with Crippen LogP contribution in [0.25, 0.3) is 0 Å². The molecule has 5 rings (SSSR count). The molecule has 12 heteroatoms. The number of Topliss-reactive ketones (excluding diaryl/α,β-unsaturated/α-hetero) is 1. The van der Waals surface area contributed by atoms with Crippen molar-refractivity contribution in [2.75, 3.05) is 18.8 Å². The zero-order valence-electron chi connectivity index (χ0n) is 23.8. The van der Waals surface area contributed by atoms with Crippen LogP contribution in [0, 0.1) is 0 Å². The summed E-state index contributed by atoms with van der Waals surface area (Å²) in [5.74, 6) is -1.05. The Balaban J connectivity index is 1.25. The maximum atomic E-state index is 13.2. The zero-order valence-corrected chi connectivity index (χ0v) is 25.4. The van der Waals surface area contributed by atoms with E-state index in [2.05, 4.69) is 14.9 Å². The Morgan fingerprint density at radius 3 is 2.40 bits per heavy atom. The second kappa shape index (κ2) is 11.8. The Labute approximate surface area is 248 Å². The van der Waals surface area contributed by atoms with E-state index >= 15 is 0 Å². The molecule has 1 saturated heterocycles. The van der Waals surface area contributed by atoms with Crippen LogP contribution in [-0.2, 0) is 39.2 Å². The van der Waals surface area contributed by atoms with Crippen molar-refractivity contribution < 1.29 is 31.1 Å². The number of hydrogen-bond acceptors (Lipinski definition) is 8. The number of benzene rings is 1. The standard InChI is InChI=1S/C30H34F3N3O4S2/c1-4-42(38,39)24-8-5-21(6-9-24)7-10-25(37)26-16-22-15-19(2)40-29(27(22)41-26)11-13-36(14-12-29)20(3)23-17-34-28(35-18-23)30(31,32)33/h5-6,8-9,16-20H,4,7,10-15H2,1-3H3/t19-,20-/m1/s1. The van der Waals surface area contributed by atoms with Crippen molar-refractivity contribution in [1.29, 1.82) is 0 Å². The Morgan fingerprint density at radius 1 is 1.17 bits per heavy atom. The van der Waals surface area contributed by atoms with Gasteiger partial charge in [0, 0.05) is 48.4 Å². The smallest absolute Gasteiger partial charge is 0.366 e. The summed E-state index contributed by atoms with van der Waals surface area (Å²) < 4.78 is 69.3. The molecule has 42 heavy (non-hydrogen) atoms. The minimum absolute atomic E-state index is 0.000234. The van der Waals surface area contributed by atoms with Crippen molar-refractivity contribution in [1.82, 2.24) is 14.9 Å².